The SMILES string of the molecule is CC(C)OCCNC1=NCC(C)S1. The standard InChI is InChI=1S/C9H18N2OS/c1-7(2)12-5-4-10-9-11-6-8(3)13-9/h7-8H,4-6H2,1-3H3,(H,10,11). The van der Waals surface area contributed by atoms with Crippen LogP contribution in [0.25, 0.3) is 0 Å². The number of nitrogens with zero attached hydrogens (tertiary/aromatic N) is 1. The van der Waals surface area contributed by atoms with E-state index in [4.69, 9.17) is 4.74 Å². The topological polar surface area (TPSA) is 33.6 Å². The molecule has 0 bridgehead atoms. The summed E-state index contributed by atoms with van der Waals surface area (Å²) in [5.41, 5.74) is 0. The van der Waals surface area contributed by atoms with Gasteiger partial charge in [-0.1, -0.05) is 18.7 Å². The minimum Gasteiger partial charge on any atom is -0.377 e. The Balaban J connectivity index is 2.00. The molecule has 1 aliphatic rings. The number of rotatable bonds is 4. The highest BCUT2D eigenvalue weighted by Gasteiger charge is 2.13. The molecule has 0 aromatic rings. The molecule has 0 aromatic heterocycles. The fourth-order valence-electron chi connectivity index (χ4n) is 1.03. The first-order valence-electron chi connectivity index (χ1n) is 4.75. The van der Waals surface area contributed by atoms with Crippen LogP contribution >= 0.6 is 11.8 Å². The molecule has 1 N–H and O–H groups in total. The Bertz CT molecular complexity index is 182. The zero-order chi connectivity index (χ0) is 9.68. The molecule has 0 aromatic carbocycles. The van der Waals surface area contributed by atoms with Crippen LogP contribution in [-0.2, 0) is 4.74 Å². The van der Waals surface area contributed by atoms with Crippen molar-refractivity contribution < 1.29 is 4.74 Å². The normalized spacial score (nSPS) is 22.2. The Morgan fingerprint density at radius 2 is 2.46 bits per heavy atom. The first kappa shape index (κ1) is 10.9. The van der Waals surface area contributed by atoms with E-state index in [2.05, 4.69) is 17.2 Å². The molecule has 0 radical (unpaired) electrons. The number of thioether (sulfide) groups is 1. The molecular formula is C9H18N2OS. The van der Waals surface area contributed by atoms with E-state index in [1.807, 2.05) is 25.6 Å². The molecule has 1 atom stereocenters. The second-order valence-corrected chi connectivity index (χ2v) is 4.85. The van der Waals surface area contributed by atoms with Gasteiger partial charge in [0.25, 0.3) is 0 Å². The summed E-state index contributed by atoms with van der Waals surface area (Å²) in [6.07, 6.45) is 0.318. The lowest BCUT2D eigenvalue weighted by Crippen LogP contribution is -2.25. The van der Waals surface area contributed by atoms with Crippen molar-refractivity contribution in [3.63, 3.8) is 0 Å². The van der Waals surface area contributed by atoms with Gasteiger partial charge in [-0.15, -0.1) is 0 Å². The summed E-state index contributed by atoms with van der Waals surface area (Å²) in [6.45, 7) is 8.84. The molecule has 0 spiro atoms. The third kappa shape index (κ3) is 4.52. The lowest BCUT2D eigenvalue weighted by atomic mass is 10.5. The van der Waals surface area contributed by atoms with Crippen LogP contribution < -0.4 is 5.32 Å². The average Bonchev–Trinajstić information content (AvgIpc) is 2.45. The zero-order valence-corrected chi connectivity index (χ0v) is 9.36. The van der Waals surface area contributed by atoms with Crippen molar-refractivity contribution in [2.24, 2.45) is 4.99 Å². The molecule has 1 unspecified atom stereocenters. The molecule has 0 fully saturated rings. The minimum atomic E-state index is 0.318. The van der Waals surface area contributed by atoms with Crippen LogP contribution in [0.3, 0.4) is 0 Å². The van der Waals surface area contributed by atoms with Crippen LogP contribution in [0.2, 0.25) is 0 Å². The van der Waals surface area contributed by atoms with E-state index >= 15 is 0 Å². The summed E-state index contributed by atoms with van der Waals surface area (Å²) in [5, 5.41) is 4.96. The van der Waals surface area contributed by atoms with E-state index in [-0.39, 0.29) is 0 Å². The van der Waals surface area contributed by atoms with Gasteiger partial charge >= 0.3 is 0 Å². The number of ether oxygens (including phenoxy) is 1. The Kier molecular flexibility index (Phi) is 4.59. The summed E-state index contributed by atoms with van der Waals surface area (Å²) in [6, 6.07) is 0. The molecule has 4 heteroatoms. The largest absolute Gasteiger partial charge is 0.377 e. The summed E-state index contributed by atoms with van der Waals surface area (Å²) < 4.78 is 5.40. The smallest absolute Gasteiger partial charge is 0.156 e. The number of nitrogens with one attached hydrogen (secondary N) is 1. The molecule has 3 nitrogen and oxygen atoms in total. The predicted octanol–water partition coefficient (Wildman–Crippen LogP) is 1.49. The van der Waals surface area contributed by atoms with Gasteiger partial charge in [0.2, 0.25) is 0 Å². The minimum absolute atomic E-state index is 0.318. The number of hydrogen-bond acceptors (Lipinski definition) is 4. The first-order chi connectivity index (χ1) is 6.18. The van der Waals surface area contributed by atoms with Gasteiger partial charge in [-0.2, -0.15) is 0 Å². The van der Waals surface area contributed by atoms with E-state index in [0.29, 0.717) is 11.4 Å². The van der Waals surface area contributed by atoms with Crippen LogP contribution in [0.5, 0.6) is 0 Å². The second kappa shape index (κ2) is 5.50. The van der Waals surface area contributed by atoms with Crippen molar-refractivity contribution in [2.45, 2.75) is 32.1 Å². The lowest BCUT2D eigenvalue weighted by Gasteiger charge is -2.08. The summed E-state index contributed by atoms with van der Waals surface area (Å²) in [7, 11) is 0. The first-order valence-corrected chi connectivity index (χ1v) is 5.63. The van der Waals surface area contributed by atoms with Crippen molar-refractivity contribution in [3.05, 3.63) is 0 Å². The van der Waals surface area contributed by atoms with Crippen molar-refractivity contribution in [3.8, 4) is 0 Å². The Morgan fingerprint density at radius 1 is 1.69 bits per heavy atom. The molecule has 0 saturated carbocycles. The Labute approximate surface area is 84.3 Å². The predicted molar refractivity (Wildman–Crippen MR) is 58.4 cm³/mol. The van der Waals surface area contributed by atoms with Gasteiger partial charge in [0.1, 0.15) is 0 Å². The number of aliphatic imine (C=N–C) groups is 1. The molecule has 1 aliphatic heterocycles. The van der Waals surface area contributed by atoms with Gasteiger partial charge < -0.3 is 10.1 Å². The third-order valence-corrected chi connectivity index (χ3v) is 2.68. The highest BCUT2D eigenvalue weighted by atomic mass is 32.2. The molecule has 76 valence electrons. The molecule has 0 aliphatic carbocycles. The van der Waals surface area contributed by atoms with Gasteiger partial charge in [0.05, 0.1) is 19.3 Å². The molecule has 0 saturated heterocycles. The Hall–Kier alpha value is -0.220. The fraction of sp³-hybridized carbons (Fsp3) is 0.889. The average molecular weight is 202 g/mol. The highest BCUT2D eigenvalue weighted by Crippen LogP contribution is 2.17. The summed E-state index contributed by atoms with van der Waals surface area (Å²) in [5.74, 6) is 0. The maximum absolute atomic E-state index is 5.40. The lowest BCUT2D eigenvalue weighted by molar-refractivity contribution is 0.0831. The zero-order valence-electron chi connectivity index (χ0n) is 8.54. The van der Waals surface area contributed by atoms with Crippen LogP contribution in [0.1, 0.15) is 20.8 Å². The van der Waals surface area contributed by atoms with Crippen LogP contribution in [0.4, 0.5) is 0 Å². The van der Waals surface area contributed by atoms with Gasteiger partial charge in [-0.3, -0.25) is 4.99 Å². The maximum Gasteiger partial charge on any atom is 0.156 e. The molecule has 1 rings (SSSR count). The van der Waals surface area contributed by atoms with E-state index < -0.39 is 0 Å². The van der Waals surface area contributed by atoms with Crippen molar-refractivity contribution in [2.75, 3.05) is 19.7 Å². The monoisotopic (exact) mass is 202 g/mol. The maximum atomic E-state index is 5.40. The second-order valence-electron chi connectivity index (χ2n) is 3.42. The molecular weight excluding hydrogens is 184 g/mol. The number of hydrogen-bond donors (Lipinski definition) is 1. The van der Waals surface area contributed by atoms with Crippen molar-refractivity contribution in [1.29, 1.82) is 0 Å². The molecule has 13 heavy (non-hydrogen) atoms. The van der Waals surface area contributed by atoms with E-state index in [1.165, 1.54) is 0 Å². The fourth-order valence-corrected chi connectivity index (χ4v) is 1.89. The number of amidine groups is 1. The van der Waals surface area contributed by atoms with Crippen LogP contribution in [0.15, 0.2) is 4.99 Å². The van der Waals surface area contributed by atoms with E-state index in [1.54, 1.807) is 0 Å². The van der Waals surface area contributed by atoms with Gasteiger partial charge in [-0.05, 0) is 13.8 Å². The highest BCUT2D eigenvalue weighted by molar-refractivity contribution is 8.14. The van der Waals surface area contributed by atoms with E-state index in [9.17, 15) is 0 Å². The van der Waals surface area contributed by atoms with Crippen molar-refractivity contribution in [1.82, 2.24) is 5.32 Å². The van der Waals surface area contributed by atoms with Gasteiger partial charge in [0.15, 0.2) is 5.17 Å². The van der Waals surface area contributed by atoms with Crippen LogP contribution in [0, 0.1) is 0 Å². The molecule has 1 heterocycles. The quantitative estimate of drug-likeness (QED) is 0.701. The summed E-state index contributed by atoms with van der Waals surface area (Å²) in [4.78, 5) is 4.35. The van der Waals surface area contributed by atoms with Crippen molar-refractivity contribution >= 4 is 16.9 Å². The Morgan fingerprint density at radius 3 is 3.00 bits per heavy atom. The molecule has 0 amide bonds. The van der Waals surface area contributed by atoms with Crippen LogP contribution in [-0.4, -0.2) is 36.2 Å². The van der Waals surface area contributed by atoms with Gasteiger partial charge in [0, 0.05) is 11.8 Å². The van der Waals surface area contributed by atoms with Gasteiger partial charge in [-0.25, -0.2) is 0 Å². The van der Waals surface area contributed by atoms with E-state index in [0.717, 1.165) is 24.9 Å². The summed E-state index contributed by atoms with van der Waals surface area (Å²) >= 11 is 1.81. The third-order valence-electron chi connectivity index (χ3n) is 1.63.